The van der Waals surface area contributed by atoms with Gasteiger partial charge in [0.2, 0.25) is 10.0 Å². The summed E-state index contributed by atoms with van der Waals surface area (Å²) in [4.78, 5) is 5.49. The lowest BCUT2D eigenvalue weighted by Gasteiger charge is -2.01. The molecule has 1 N–H and O–H groups in total. The predicted octanol–water partition coefficient (Wildman–Crippen LogP) is 2.84. The lowest BCUT2D eigenvalue weighted by Crippen LogP contribution is -2.23. The van der Waals surface area contributed by atoms with E-state index in [1.165, 1.54) is 10.3 Å². The zero-order chi connectivity index (χ0) is 15.1. The fourth-order valence-corrected chi connectivity index (χ4v) is 3.39. The molecule has 6 heteroatoms. The molecule has 0 fully saturated rings. The van der Waals surface area contributed by atoms with Crippen molar-refractivity contribution in [1.29, 1.82) is 0 Å². The number of hydrogen-bond donors (Lipinski definition) is 1. The van der Waals surface area contributed by atoms with E-state index in [1.54, 1.807) is 17.4 Å². The van der Waals surface area contributed by atoms with E-state index in [-0.39, 0.29) is 0 Å². The second kappa shape index (κ2) is 7.49. The third-order valence-electron chi connectivity index (χ3n) is 2.83. The van der Waals surface area contributed by atoms with Crippen LogP contribution in [0.3, 0.4) is 0 Å². The zero-order valence-corrected chi connectivity index (χ0v) is 13.5. The Bertz CT molecular complexity index is 691. The SMILES string of the molecule is CCc1cnc(CCNS(=O)(=O)/C=C\c2ccccc2)s1. The van der Waals surface area contributed by atoms with Crippen molar-refractivity contribution in [3.8, 4) is 0 Å². The maximum Gasteiger partial charge on any atom is 0.233 e. The number of rotatable bonds is 7. The number of aryl methyl sites for hydroxylation is 1. The van der Waals surface area contributed by atoms with Gasteiger partial charge in [0.15, 0.2) is 0 Å². The van der Waals surface area contributed by atoms with Crippen molar-refractivity contribution in [3.05, 3.63) is 57.4 Å². The molecule has 0 aliphatic rings. The van der Waals surface area contributed by atoms with E-state index in [2.05, 4.69) is 16.6 Å². The first-order valence-corrected chi connectivity index (χ1v) is 9.12. The van der Waals surface area contributed by atoms with Gasteiger partial charge in [-0.25, -0.2) is 18.1 Å². The highest BCUT2D eigenvalue weighted by atomic mass is 32.2. The quantitative estimate of drug-likeness (QED) is 0.853. The second-order valence-corrected chi connectivity index (χ2v) is 7.33. The number of nitrogens with zero attached hydrogens (tertiary/aromatic N) is 1. The number of benzene rings is 1. The van der Waals surface area contributed by atoms with Crippen LogP contribution in [0.4, 0.5) is 0 Å². The molecule has 0 unspecified atom stereocenters. The highest BCUT2D eigenvalue weighted by molar-refractivity contribution is 7.92. The van der Waals surface area contributed by atoms with E-state index in [9.17, 15) is 8.42 Å². The van der Waals surface area contributed by atoms with Gasteiger partial charge in [-0.3, -0.25) is 0 Å². The van der Waals surface area contributed by atoms with Gasteiger partial charge in [-0.2, -0.15) is 0 Å². The molecule has 2 aromatic rings. The Hall–Kier alpha value is -1.50. The third kappa shape index (κ3) is 5.41. The third-order valence-corrected chi connectivity index (χ3v) is 5.13. The Balaban J connectivity index is 1.85. The predicted molar refractivity (Wildman–Crippen MR) is 87.6 cm³/mol. The van der Waals surface area contributed by atoms with Gasteiger partial charge in [0, 0.05) is 29.4 Å². The summed E-state index contributed by atoms with van der Waals surface area (Å²) in [6.07, 6.45) is 5.01. The first-order chi connectivity index (χ1) is 10.1. The van der Waals surface area contributed by atoms with Crippen molar-refractivity contribution in [3.63, 3.8) is 0 Å². The second-order valence-electron chi connectivity index (χ2n) is 4.48. The molecule has 1 aromatic heterocycles. The number of hydrogen-bond acceptors (Lipinski definition) is 4. The van der Waals surface area contributed by atoms with Crippen molar-refractivity contribution >= 4 is 27.4 Å². The minimum absolute atomic E-state index is 0.359. The molecule has 0 radical (unpaired) electrons. The van der Waals surface area contributed by atoms with Gasteiger partial charge in [0.1, 0.15) is 0 Å². The molecule has 0 aliphatic carbocycles. The smallest absolute Gasteiger partial charge is 0.233 e. The van der Waals surface area contributed by atoms with Crippen LogP contribution in [0, 0.1) is 0 Å². The lowest BCUT2D eigenvalue weighted by atomic mass is 10.2. The van der Waals surface area contributed by atoms with Crippen LogP contribution in [-0.2, 0) is 22.9 Å². The van der Waals surface area contributed by atoms with E-state index < -0.39 is 10.0 Å². The summed E-state index contributed by atoms with van der Waals surface area (Å²) < 4.78 is 26.2. The molecule has 0 saturated carbocycles. The molecule has 0 spiro atoms. The fraction of sp³-hybridized carbons (Fsp3) is 0.267. The number of sulfonamides is 1. The van der Waals surface area contributed by atoms with Crippen LogP contribution in [0.1, 0.15) is 22.4 Å². The van der Waals surface area contributed by atoms with Crippen LogP contribution in [0.2, 0.25) is 0 Å². The highest BCUT2D eigenvalue weighted by Crippen LogP contribution is 2.13. The average molecular weight is 322 g/mol. The largest absolute Gasteiger partial charge is 0.249 e. The maximum absolute atomic E-state index is 11.8. The van der Waals surface area contributed by atoms with Crippen LogP contribution >= 0.6 is 11.3 Å². The Labute approximate surface area is 129 Å². The van der Waals surface area contributed by atoms with Gasteiger partial charge in [-0.1, -0.05) is 37.3 Å². The van der Waals surface area contributed by atoms with Gasteiger partial charge < -0.3 is 0 Å². The van der Waals surface area contributed by atoms with Crippen LogP contribution in [0.25, 0.3) is 6.08 Å². The summed E-state index contributed by atoms with van der Waals surface area (Å²) in [5.41, 5.74) is 0.857. The normalized spacial score (nSPS) is 12.0. The first kappa shape index (κ1) is 15.9. The van der Waals surface area contributed by atoms with Crippen LogP contribution in [0.15, 0.2) is 41.9 Å². The summed E-state index contributed by atoms with van der Waals surface area (Å²) in [6.45, 7) is 2.44. The van der Waals surface area contributed by atoms with Crippen molar-refractivity contribution in [2.24, 2.45) is 0 Å². The van der Waals surface area contributed by atoms with E-state index in [4.69, 9.17) is 0 Å². The number of aromatic nitrogens is 1. The molecule has 112 valence electrons. The number of nitrogens with one attached hydrogen (secondary N) is 1. The van der Waals surface area contributed by atoms with E-state index >= 15 is 0 Å². The van der Waals surface area contributed by atoms with E-state index in [1.807, 2.05) is 36.5 Å². The Morgan fingerprint density at radius 2 is 2.05 bits per heavy atom. The molecule has 0 aliphatic heterocycles. The van der Waals surface area contributed by atoms with Crippen LogP contribution in [0.5, 0.6) is 0 Å². The summed E-state index contributed by atoms with van der Waals surface area (Å²) in [5, 5.41) is 2.16. The zero-order valence-electron chi connectivity index (χ0n) is 11.8. The average Bonchev–Trinajstić information content (AvgIpc) is 2.94. The summed E-state index contributed by atoms with van der Waals surface area (Å²) >= 11 is 1.63. The van der Waals surface area contributed by atoms with Crippen molar-refractivity contribution < 1.29 is 8.42 Å². The topological polar surface area (TPSA) is 59.1 Å². The van der Waals surface area contributed by atoms with Gasteiger partial charge in [-0.15, -0.1) is 11.3 Å². The molecule has 2 rings (SSSR count). The molecule has 0 saturated heterocycles. The van der Waals surface area contributed by atoms with Gasteiger partial charge in [-0.05, 0) is 18.1 Å². The van der Waals surface area contributed by atoms with Crippen LogP contribution in [-0.4, -0.2) is 19.9 Å². The van der Waals surface area contributed by atoms with Gasteiger partial charge >= 0.3 is 0 Å². The van der Waals surface area contributed by atoms with Crippen molar-refractivity contribution in [1.82, 2.24) is 9.71 Å². The summed E-state index contributed by atoms with van der Waals surface area (Å²) in [7, 11) is -3.40. The monoisotopic (exact) mass is 322 g/mol. The molecular weight excluding hydrogens is 304 g/mol. The van der Waals surface area contributed by atoms with E-state index in [0.717, 1.165) is 17.0 Å². The summed E-state index contributed by atoms with van der Waals surface area (Å²) in [6, 6.07) is 9.34. The standard InChI is InChI=1S/C15H18N2O2S2/c1-2-14-12-16-15(20-14)8-10-17-21(18,19)11-9-13-6-4-3-5-7-13/h3-7,9,11-12,17H,2,8,10H2,1H3/b11-9-. The fourth-order valence-electron chi connectivity index (χ4n) is 1.71. The van der Waals surface area contributed by atoms with Gasteiger partial charge in [0.25, 0.3) is 0 Å². The molecule has 1 aromatic carbocycles. The molecule has 0 bridgehead atoms. The molecule has 0 atom stereocenters. The molecule has 21 heavy (non-hydrogen) atoms. The minimum Gasteiger partial charge on any atom is -0.249 e. The number of thiazole rings is 1. The Morgan fingerprint density at radius 3 is 2.71 bits per heavy atom. The molecule has 1 heterocycles. The van der Waals surface area contributed by atoms with Crippen molar-refractivity contribution in [2.45, 2.75) is 19.8 Å². The molecule has 4 nitrogen and oxygen atoms in total. The minimum atomic E-state index is -3.40. The Kier molecular flexibility index (Phi) is 5.67. The molecular formula is C15H18N2O2S2. The Morgan fingerprint density at radius 1 is 1.29 bits per heavy atom. The maximum atomic E-state index is 11.8. The van der Waals surface area contributed by atoms with Crippen LogP contribution < -0.4 is 4.72 Å². The lowest BCUT2D eigenvalue weighted by molar-refractivity contribution is 0.591. The first-order valence-electron chi connectivity index (χ1n) is 6.75. The van der Waals surface area contributed by atoms with Crippen molar-refractivity contribution in [2.75, 3.05) is 6.54 Å². The summed E-state index contributed by atoms with van der Waals surface area (Å²) in [5.74, 6) is 0. The highest BCUT2D eigenvalue weighted by Gasteiger charge is 2.06. The molecule has 0 amide bonds. The van der Waals surface area contributed by atoms with Gasteiger partial charge in [0.05, 0.1) is 5.01 Å². The van der Waals surface area contributed by atoms with E-state index in [0.29, 0.717) is 13.0 Å².